The van der Waals surface area contributed by atoms with Crippen molar-refractivity contribution in [2.24, 2.45) is 0 Å². The van der Waals surface area contributed by atoms with Crippen LogP contribution < -0.4 is 5.43 Å². The Hall–Kier alpha value is -1.82. The van der Waals surface area contributed by atoms with Gasteiger partial charge in [0.2, 0.25) is 4.96 Å². The molecule has 2 aliphatic rings. The molecule has 5 nitrogen and oxygen atoms in total. The van der Waals surface area contributed by atoms with Gasteiger partial charge in [-0.3, -0.25) is 4.79 Å². The Morgan fingerprint density at radius 1 is 1.33 bits per heavy atom. The third-order valence-electron chi connectivity index (χ3n) is 2.11. The van der Waals surface area contributed by atoms with E-state index in [-0.39, 0.29) is 5.43 Å². The van der Waals surface area contributed by atoms with Crippen molar-refractivity contribution < 1.29 is 0 Å². The molecule has 0 aromatic carbocycles. The molecule has 1 aliphatic carbocycles. The van der Waals surface area contributed by atoms with E-state index in [0.29, 0.717) is 4.96 Å². The Morgan fingerprint density at radius 3 is 3.07 bits per heavy atom. The van der Waals surface area contributed by atoms with E-state index in [1.165, 1.54) is 17.4 Å². The lowest BCUT2D eigenvalue weighted by Gasteiger charge is -2.01. The second kappa shape index (κ2) is 2.83. The van der Waals surface area contributed by atoms with Crippen molar-refractivity contribution in [3.8, 4) is 10.6 Å². The normalized spacial score (nSPS) is 11.3. The van der Waals surface area contributed by atoms with E-state index in [0.717, 1.165) is 16.4 Å². The van der Waals surface area contributed by atoms with Crippen molar-refractivity contribution in [3.63, 3.8) is 0 Å². The second-order valence-electron chi connectivity index (χ2n) is 3.17. The van der Waals surface area contributed by atoms with Crippen molar-refractivity contribution >= 4 is 16.3 Å². The molecule has 0 fully saturated rings. The number of nitrogens with zero attached hydrogens (tertiary/aromatic N) is 4. The van der Waals surface area contributed by atoms with E-state index in [2.05, 4.69) is 15.3 Å². The quantitative estimate of drug-likeness (QED) is 0.564. The predicted octanol–water partition coefficient (Wildman–Crippen LogP) is 0.959. The van der Waals surface area contributed by atoms with Crippen molar-refractivity contribution in [1.29, 1.82) is 0 Å². The number of aryl methyl sites for hydroxylation is 1. The first-order chi connectivity index (χ1) is 7.24. The summed E-state index contributed by atoms with van der Waals surface area (Å²) in [6.45, 7) is 1.84. The van der Waals surface area contributed by atoms with E-state index in [1.54, 1.807) is 16.6 Å². The molecule has 1 aliphatic heterocycles. The van der Waals surface area contributed by atoms with Gasteiger partial charge in [0.25, 0.3) is 0 Å². The van der Waals surface area contributed by atoms with Gasteiger partial charge in [-0.1, -0.05) is 11.3 Å². The molecule has 2 heterocycles. The van der Waals surface area contributed by atoms with Crippen LogP contribution in [0.15, 0.2) is 23.0 Å². The molecule has 1 aromatic heterocycles. The van der Waals surface area contributed by atoms with Gasteiger partial charge in [-0.25, -0.2) is 0 Å². The molecule has 3 rings (SSSR count). The maximum absolute atomic E-state index is 11.2. The van der Waals surface area contributed by atoms with Crippen molar-refractivity contribution in [3.05, 3.63) is 34.2 Å². The summed E-state index contributed by atoms with van der Waals surface area (Å²) in [5.74, 6) is 0.745. The summed E-state index contributed by atoms with van der Waals surface area (Å²) in [5.41, 5.74) is 0.774. The number of fused-ring (bicyclic) bond motifs is 2. The van der Waals surface area contributed by atoms with Crippen LogP contribution in [0.4, 0.5) is 0 Å². The maximum Gasteiger partial charge on any atom is 0.233 e. The third kappa shape index (κ3) is 1.22. The zero-order valence-electron chi connectivity index (χ0n) is 7.84. The van der Waals surface area contributed by atoms with Crippen LogP contribution in [0.5, 0.6) is 0 Å². The van der Waals surface area contributed by atoms with E-state index in [9.17, 15) is 4.79 Å². The Kier molecular flexibility index (Phi) is 1.60. The minimum absolute atomic E-state index is 0.0128. The fourth-order valence-electron chi connectivity index (χ4n) is 1.38. The fraction of sp³-hybridized carbons (Fsp3) is 0.111. The third-order valence-corrected chi connectivity index (χ3v) is 3.09. The summed E-state index contributed by atoms with van der Waals surface area (Å²) in [6, 6.07) is 4.79. The van der Waals surface area contributed by atoms with Crippen LogP contribution >= 0.6 is 11.3 Å². The number of hydrogen-bond acceptors (Lipinski definition) is 5. The molecular formula is C9H6N4OS. The molecule has 6 heteroatoms. The fourth-order valence-corrected chi connectivity index (χ4v) is 2.31. The molecule has 74 valence electrons. The highest BCUT2D eigenvalue weighted by Crippen LogP contribution is 2.24. The molecule has 0 unspecified atom stereocenters. The van der Waals surface area contributed by atoms with Gasteiger partial charge in [0, 0.05) is 6.07 Å². The van der Waals surface area contributed by atoms with Gasteiger partial charge < -0.3 is 0 Å². The highest BCUT2D eigenvalue weighted by Gasteiger charge is 2.10. The maximum atomic E-state index is 11.2. The Bertz CT molecular complexity index is 671. The van der Waals surface area contributed by atoms with Crippen LogP contribution in [0.25, 0.3) is 15.5 Å². The van der Waals surface area contributed by atoms with Gasteiger partial charge in [-0.2, -0.15) is 9.61 Å². The molecule has 0 spiro atoms. The average Bonchev–Trinajstić information content (AvgIpc) is 2.57. The largest absolute Gasteiger partial charge is 0.290 e. The smallest absolute Gasteiger partial charge is 0.233 e. The first-order valence-electron chi connectivity index (χ1n) is 4.37. The Labute approximate surface area is 88.4 Å². The van der Waals surface area contributed by atoms with Crippen LogP contribution in [0.2, 0.25) is 0 Å². The Balaban J connectivity index is 2.51. The number of rotatable bonds is 0. The van der Waals surface area contributed by atoms with E-state index < -0.39 is 0 Å². The highest BCUT2D eigenvalue weighted by atomic mass is 32.1. The van der Waals surface area contributed by atoms with Gasteiger partial charge in [-0.05, 0) is 19.1 Å². The molecule has 0 bridgehead atoms. The molecule has 0 amide bonds. The zero-order chi connectivity index (χ0) is 10.4. The van der Waals surface area contributed by atoms with Gasteiger partial charge in [0.15, 0.2) is 11.3 Å². The van der Waals surface area contributed by atoms with E-state index in [4.69, 9.17) is 0 Å². The summed E-state index contributed by atoms with van der Waals surface area (Å²) in [5, 5.41) is 12.2. The summed E-state index contributed by atoms with van der Waals surface area (Å²) < 4.78 is 1.68. The van der Waals surface area contributed by atoms with E-state index in [1.807, 2.05) is 6.92 Å². The second-order valence-corrected chi connectivity index (χ2v) is 4.18. The lowest BCUT2D eigenvalue weighted by atomic mass is 10.2. The minimum Gasteiger partial charge on any atom is -0.290 e. The van der Waals surface area contributed by atoms with Gasteiger partial charge >= 0.3 is 0 Å². The van der Waals surface area contributed by atoms with Crippen molar-refractivity contribution in [1.82, 2.24) is 19.8 Å². The van der Waals surface area contributed by atoms with Crippen LogP contribution in [0.3, 0.4) is 0 Å². The molecule has 0 radical (unpaired) electrons. The molecule has 0 N–H and O–H groups in total. The minimum atomic E-state index is -0.0128. The summed E-state index contributed by atoms with van der Waals surface area (Å²) in [4.78, 5) is 12.7. The molecular weight excluding hydrogens is 212 g/mol. The molecule has 0 atom stereocenters. The standard InChI is InChI=1S/C9H6N4OS/c1-5-10-11-9-13(5)12-7-3-2-6(14)4-8(7)15-9/h2-4H,1H3. The SMILES string of the molecule is Cc1nnc2sc3cc(=O)ccc-3nn12. The average molecular weight is 218 g/mol. The molecule has 15 heavy (non-hydrogen) atoms. The van der Waals surface area contributed by atoms with Gasteiger partial charge in [0.1, 0.15) is 5.69 Å². The number of hydrogen-bond donors (Lipinski definition) is 0. The predicted molar refractivity (Wildman–Crippen MR) is 56.3 cm³/mol. The summed E-state index contributed by atoms with van der Waals surface area (Å²) in [7, 11) is 0. The van der Waals surface area contributed by atoms with Gasteiger partial charge in [-0.15, -0.1) is 10.2 Å². The summed E-state index contributed by atoms with van der Waals surface area (Å²) >= 11 is 1.41. The van der Waals surface area contributed by atoms with Crippen LogP contribution in [0.1, 0.15) is 5.82 Å². The molecule has 1 aromatic rings. The lowest BCUT2D eigenvalue weighted by molar-refractivity contribution is 0.886. The summed E-state index contributed by atoms with van der Waals surface area (Å²) in [6.07, 6.45) is 0. The monoisotopic (exact) mass is 218 g/mol. The van der Waals surface area contributed by atoms with Crippen LogP contribution in [-0.2, 0) is 0 Å². The Morgan fingerprint density at radius 2 is 2.20 bits per heavy atom. The van der Waals surface area contributed by atoms with Gasteiger partial charge in [0.05, 0.1) is 4.88 Å². The number of aromatic nitrogens is 4. The van der Waals surface area contributed by atoms with Crippen molar-refractivity contribution in [2.75, 3.05) is 0 Å². The van der Waals surface area contributed by atoms with Crippen LogP contribution in [-0.4, -0.2) is 19.8 Å². The lowest BCUT2D eigenvalue weighted by Crippen LogP contribution is -2.01. The first-order valence-corrected chi connectivity index (χ1v) is 5.18. The molecule has 0 saturated heterocycles. The van der Waals surface area contributed by atoms with Crippen LogP contribution in [0, 0.1) is 6.92 Å². The molecule has 0 saturated carbocycles. The van der Waals surface area contributed by atoms with Crippen molar-refractivity contribution in [2.45, 2.75) is 6.92 Å². The van der Waals surface area contributed by atoms with E-state index >= 15 is 0 Å². The highest BCUT2D eigenvalue weighted by molar-refractivity contribution is 7.19. The zero-order valence-corrected chi connectivity index (χ0v) is 8.65. The number of benzene rings is 1. The topological polar surface area (TPSA) is 60.2 Å². The first kappa shape index (κ1) is 8.49.